The average Bonchev–Trinajstić information content (AvgIpc) is 2.95. The van der Waals surface area contributed by atoms with Gasteiger partial charge >= 0.3 is 0 Å². The molecule has 9 nitrogen and oxygen atoms in total. The van der Waals surface area contributed by atoms with Crippen molar-refractivity contribution in [3.8, 4) is 5.75 Å². The molecule has 2 saturated heterocycles. The summed E-state index contributed by atoms with van der Waals surface area (Å²) in [5.41, 5.74) is 2.05. The van der Waals surface area contributed by atoms with E-state index in [4.69, 9.17) is 4.98 Å². The highest BCUT2D eigenvalue weighted by Gasteiger charge is 2.34. The van der Waals surface area contributed by atoms with Gasteiger partial charge in [0, 0.05) is 63.8 Å². The largest absolute Gasteiger partial charge is 0.508 e. The van der Waals surface area contributed by atoms with Crippen LogP contribution >= 0.6 is 0 Å². The van der Waals surface area contributed by atoms with Crippen LogP contribution in [0.2, 0.25) is 0 Å². The lowest BCUT2D eigenvalue weighted by atomic mass is 9.97. The van der Waals surface area contributed by atoms with Gasteiger partial charge in [-0.25, -0.2) is 9.97 Å². The number of piperidine rings is 1. The maximum atomic E-state index is 12.9. The highest BCUT2D eigenvalue weighted by atomic mass is 16.3. The SMILES string of the molecule is C=C(NC(CC)=NC)c1cnc(N2CCN(C3CCN(C(=O)c4ccc(O)cc4)CC3)C(CC)C2)cn1. The minimum atomic E-state index is 0.0445. The number of hydrogen-bond acceptors (Lipinski definition) is 7. The van der Waals surface area contributed by atoms with E-state index in [2.05, 4.69) is 38.6 Å². The third-order valence-electron chi connectivity index (χ3n) is 7.51. The first-order valence-electron chi connectivity index (χ1n) is 13.3. The van der Waals surface area contributed by atoms with Gasteiger partial charge in [-0.3, -0.25) is 14.7 Å². The molecule has 1 aromatic carbocycles. The number of piperazine rings is 1. The molecule has 0 aliphatic carbocycles. The summed E-state index contributed by atoms with van der Waals surface area (Å²) in [6, 6.07) is 7.44. The van der Waals surface area contributed by atoms with Crippen LogP contribution in [0.4, 0.5) is 5.82 Å². The number of aromatic nitrogens is 2. The number of anilines is 1. The predicted octanol–water partition coefficient (Wildman–Crippen LogP) is 3.39. The number of amides is 1. The molecule has 1 atom stereocenters. The van der Waals surface area contributed by atoms with Crippen LogP contribution in [0.15, 0.2) is 48.2 Å². The van der Waals surface area contributed by atoms with E-state index in [9.17, 15) is 9.90 Å². The number of aliphatic imine (C=N–C) groups is 1. The fourth-order valence-electron chi connectivity index (χ4n) is 5.29. The van der Waals surface area contributed by atoms with Gasteiger partial charge < -0.3 is 20.2 Å². The molecule has 2 aliphatic heterocycles. The van der Waals surface area contributed by atoms with Crippen LogP contribution in [0.25, 0.3) is 5.70 Å². The Kier molecular flexibility index (Phi) is 8.76. The molecule has 2 aliphatic rings. The molecule has 4 rings (SSSR count). The maximum Gasteiger partial charge on any atom is 0.253 e. The van der Waals surface area contributed by atoms with E-state index >= 15 is 0 Å². The number of nitrogens with one attached hydrogen (secondary N) is 1. The standard InChI is InChI=1S/C28H39N7O2/c1-5-22-19-34(27-18-30-25(17-31-27)20(3)32-26(6-2)29-4)15-16-35(22)23-11-13-33(14-12-23)28(37)21-7-9-24(36)10-8-21/h7-10,17-18,22-23,36H,3,5-6,11-16,19H2,1-2,4H3,(H,29,32). The second-order valence-electron chi connectivity index (χ2n) is 9.70. The number of phenols is 1. The zero-order chi connectivity index (χ0) is 26.4. The number of aromatic hydroxyl groups is 1. The molecule has 1 unspecified atom stereocenters. The van der Waals surface area contributed by atoms with E-state index in [-0.39, 0.29) is 11.7 Å². The lowest BCUT2D eigenvalue weighted by Gasteiger charge is -2.47. The van der Waals surface area contributed by atoms with Crippen LogP contribution in [-0.2, 0) is 0 Å². The normalized spacial score (nSPS) is 19.6. The molecule has 0 saturated carbocycles. The van der Waals surface area contributed by atoms with Gasteiger partial charge in [-0.05, 0) is 43.5 Å². The lowest BCUT2D eigenvalue weighted by molar-refractivity contribution is 0.0491. The van der Waals surface area contributed by atoms with Gasteiger partial charge in [0.2, 0.25) is 0 Å². The van der Waals surface area contributed by atoms with Gasteiger partial charge in [-0.15, -0.1) is 0 Å². The fraction of sp³-hybridized carbons (Fsp3) is 0.500. The molecule has 3 heterocycles. The van der Waals surface area contributed by atoms with Crippen molar-refractivity contribution in [2.24, 2.45) is 4.99 Å². The van der Waals surface area contributed by atoms with Gasteiger partial charge in [-0.2, -0.15) is 0 Å². The summed E-state index contributed by atoms with van der Waals surface area (Å²) in [6.07, 6.45) is 7.44. The Balaban J connectivity index is 1.32. The fourth-order valence-corrected chi connectivity index (χ4v) is 5.29. The zero-order valence-electron chi connectivity index (χ0n) is 22.2. The van der Waals surface area contributed by atoms with Crippen LogP contribution in [0.5, 0.6) is 5.75 Å². The summed E-state index contributed by atoms with van der Waals surface area (Å²) < 4.78 is 0. The van der Waals surface area contributed by atoms with Crippen molar-refractivity contribution in [3.63, 3.8) is 0 Å². The van der Waals surface area contributed by atoms with Crippen molar-refractivity contribution in [2.45, 2.75) is 51.6 Å². The Morgan fingerprint density at radius 1 is 1.11 bits per heavy atom. The smallest absolute Gasteiger partial charge is 0.253 e. The average molecular weight is 506 g/mol. The van der Waals surface area contributed by atoms with Crippen LogP contribution in [0, 0.1) is 0 Å². The third-order valence-corrected chi connectivity index (χ3v) is 7.51. The Labute approximate surface area is 219 Å². The number of nitrogens with zero attached hydrogens (tertiary/aromatic N) is 6. The molecule has 2 N–H and O–H groups in total. The number of carbonyl (C=O) groups excluding carboxylic acids is 1. The van der Waals surface area contributed by atoms with E-state index < -0.39 is 0 Å². The number of carbonyl (C=O) groups is 1. The van der Waals surface area contributed by atoms with Crippen LogP contribution in [0.3, 0.4) is 0 Å². The topological polar surface area (TPSA) is 97.2 Å². The number of benzene rings is 1. The summed E-state index contributed by atoms with van der Waals surface area (Å²) in [4.78, 5) is 33.3. The Morgan fingerprint density at radius 2 is 1.84 bits per heavy atom. The zero-order valence-corrected chi connectivity index (χ0v) is 22.2. The molecule has 37 heavy (non-hydrogen) atoms. The van der Waals surface area contributed by atoms with Gasteiger partial charge in [0.1, 0.15) is 23.1 Å². The highest BCUT2D eigenvalue weighted by Crippen LogP contribution is 2.26. The van der Waals surface area contributed by atoms with Crippen LogP contribution in [-0.4, -0.2) is 88.5 Å². The molecular formula is C28H39N7O2. The number of likely N-dealkylation sites (tertiary alicyclic amines) is 1. The lowest BCUT2D eigenvalue weighted by Crippen LogP contribution is -2.58. The summed E-state index contributed by atoms with van der Waals surface area (Å²) in [6.45, 7) is 12.7. The summed E-state index contributed by atoms with van der Waals surface area (Å²) >= 11 is 0. The van der Waals surface area contributed by atoms with Gasteiger partial charge in [-0.1, -0.05) is 20.4 Å². The van der Waals surface area contributed by atoms with E-state index in [1.807, 2.05) is 18.0 Å². The Hall–Kier alpha value is -3.46. The number of hydrogen-bond donors (Lipinski definition) is 2. The Bertz CT molecular complexity index is 1090. The van der Waals surface area contributed by atoms with Crippen LogP contribution in [0.1, 0.15) is 55.6 Å². The minimum Gasteiger partial charge on any atom is -0.508 e. The van der Waals surface area contributed by atoms with Crippen molar-refractivity contribution < 1.29 is 9.90 Å². The van der Waals surface area contributed by atoms with Crippen molar-refractivity contribution >= 4 is 23.3 Å². The molecule has 1 amide bonds. The highest BCUT2D eigenvalue weighted by molar-refractivity contribution is 5.94. The molecule has 1 aromatic heterocycles. The van der Waals surface area contributed by atoms with E-state index in [0.29, 0.717) is 23.3 Å². The van der Waals surface area contributed by atoms with E-state index in [1.54, 1.807) is 37.5 Å². The Morgan fingerprint density at radius 3 is 2.43 bits per heavy atom. The summed E-state index contributed by atoms with van der Waals surface area (Å²) in [5, 5.41) is 12.7. The van der Waals surface area contributed by atoms with Gasteiger partial charge in [0.25, 0.3) is 5.91 Å². The van der Waals surface area contributed by atoms with Gasteiger partial charge in [0.05, 0.1) is 18.1 Å². The van der Waals surface area contributed by atoms with Crippen molar-refractivity contribution in [2.75, 3.05) is 44.7 Å². The number of rotatable bonds is 7. The molecule has 0 radical (unpaired) electrons. The van der Waals surface area contributed by atoms with E-state index in [1.165, 1.54) is 0 Å². The van der Waals surface area contributed by atoms with E-state index in [0.717, 1.165) is 75.8 Å². The monoisotopic (exact) mass is 505 g/mol. The quantitative estimate of drug-likeness (QED) is 0.440. The van der Waals surface area contributed by atoms with Crippen molar-refractivity contribution in [1.82, 2.24) is 25.1 Å². The second-order valence-corrected chi connectivity index (χ2v) is 9.70. The molecule has 198 valence electrons. The molecule has 0 bridgehead atoms. The molecule has 9 heteroatoms. The predicted molar refractivity (Wildman–Crippen MR) is 148 cm³/mol. The van der Waals surface area contributed by atoms with Gasteiger partial charge in [0.15, 0.2) is 0 Å². The summed E-state index contributed by atoms with van der Waals surface area (Å²) in [7, 11) is 1.76. The van der Waals surface area contributed by atoms with Crippen molar-refractivity contribution in [3.05, 3.63) is 54.5 Å². The van der Waals surface area contributed by atoms with Crippen LogP contribution < -0.4 is 10.2 Å². The first-order valence-corrected chi connectivity index (χ1v) is 13.3. The molecule has 2 aromatic rings. The first kappa shape index (κ1) is 26.6. The molecule has 2 fully saturated rings. The number of phenolic OH excluding ortho intramolecular Hbond substituents is 1. The molecule has 0 spiro atoms. The maximum absolute atomic E-state index is 12.9. The molecular weight excluding hydrogens is 466 g/mol. The first-order chi connectivity index (χ1) is 17.9. The second kappa shape index (κ2) is 12.2. The summed E-state index contributed by atoms with van der Waals surface area (Å²) in [5.74, 6) is 1.98. The van der Waals surface area contributed by atoms with Crippen molar-refractivity contribution in [1.29, 1.82) is 0 Å². The number of amidine groups is 1. The third kappa shape index (κ3) is 6.28. The minimum absolute atomic E-state index is 0.0445.